The van der Waals surface area contributed by atoms with E-state index in [-0.39, 0.29) is 27.9 Å². The molecule has 1 N–H and O–H groups in total. The van der Waals surface area contributed by atoms with Crippen molar-refractivity contribution in [2.45, 2.75) is 6.92 Å². The monoisotopic (exact) mass is 308 g/mol. The number of pyridine rings is 1. The van der Waals surface area contributed by atoms with Crippen LogP contribution in [0.3, 0.4) is 0 Å². The molecule has 8 heteroatoms. The Kier molecular flexibility index (Phi) is 4.04. The van der Waals surface area contributed by atoms with Crippen molar-refractivity contribution in [2.75, 3.05) is 0 Å². The zero-order chi connectivity index (χ0) is 15.6. The molecule has 0 aliphatic heterocycles. The molecule has 0 bridgehead atoms. The van der Waals surface area contributed by atoms with Gasteiger partial charge in [-0.2, -0.15) is 0 Å². The summed E-state index contributed by atoms with van der Waals surface area (Å²) < 4.78 is 5.31. The first-order valence-corrected chi connectivity index (χ1v) is 6.08. The van der Waals surface area contributed by atoms with Crippen LogP contribution in [0.5, 0.6) is 11.6 Å². The summed E-state index contributed by atoms with van der Waals surface area (Å²) in [5.74, 6) is -1.31. The van der Waals surface area contributed by atoms with Gasteiger partial charge in [0.25, 0.3) is 0 Å². The number of nitro benzene ring substituents is 1. The van der Waals surface area contributed by atoms with Gasteiger partial charge in [0.05, 0.1) is 10.5 Å². The molecule has 0 amide bonds. The van der Waals surface area contributed by atoms with Gasteiger partial charge in [-0.05, 0) is 24.6 Å². The van der Waals surface area contributed by atoms with Crippen LogP contribution in [-0.2, 0) is 0 Å². The van der Waals surface area contributed by atoms with E-state index < -0.39 is 10.9 Å². The quantitative estimate of drug-likeness (QED) is 0.685. The van der Waals surface area contributed by atoms with Crippen molar-refractivity contribution in [3.8, 4) is 11.6 Å². The van der Waals surface area contributed by atoms with Crippen molar-refractivity contribution in [3.63, 3.8) is 0 Å². The Morgan fingerprint density at radius 3 is 2.71 bits per heavy atom. The lowest BCUT2D eigenvalue weighted by atomic mass is 10.2. The zero-order valence-electron chi connectivity index (χ0n) is 10.7. The van der Waals surface area contributed by atoms with Crippen LogP contribution < -0.4 is 4.74 Å². The average Bonchev–Trinajstić information content (AvgIpc) is 2.42. The first-order chi connectivity index (χ1) is 9.88. The molecule has 0 fully saturated rings. The van der Waals surface area contributed by atoms with Gasteiger partial charge in [0.2, 0.25) is 11.6 Å². The summed E-state index contributed by atoms with van der Waals surface area (Å²) in [6.07, 6.45) is 1.06. The first-order valence-electron chi connectivity index (χ1n) is 5.70. The Balaban J connectivity index is 2.39. The molecular weight excluding hydrogens is 300 g/mol. The number of carbonyl (C=O) groups is 1. The van der Waals surface area contributed by atoms with Gasteiger partial charge in [-0.1, -0.05) is 17.7 Å². The van der Waals surface area contributed by atoms with Crippen LogP contribution in [-0.4, -0.2) is 21.0 Å². The van der Waals surface area contributed by atoms with Crippen molar-refractivity contribution in [1.29, 1.82) is 0 Å². The number of aryl methyl sites for hydroxylation is 1. The van der Waals surface area contributed by atoms with E-state index in [2.05, 4.69) is 4.98 Å². The Morgan fingerprint density at radius 2 is 2.14 bits per heavy atom. The number of benzene rings is 1. The number of aromatic nitrogens is 1. The molecule has 0 aliphatic carbocycles. The molecule has 1 heterocycles. The van der Waals surface area contributed by atoms with Gasteiger partial charge < -0.3 is 9.84 Å². The topological polar surface area (TPSA) is 103 Å². The van der Waals surface area contributed by atoms with Gasteiger partial charge in [-0.3, -0.25) is 10.1 Å². The summed E-state index contributed by atoms with van der Waals surface area (Å²) in [6, 6.07) is 5.58. The van der Waals surface area contributed by atoms with E-state index in [1.807, 2.05) is 0 Å². The minimum Gasteiger partial charge on any atom is -0.478 e. The molecule has 0 aliphatic rings. The molecule has 2 rings (SSSR count). The Morgan fingerprint density at radius 1 is 1.43 bits per heavy atom. The molecule has 0 atom stereocenters. The standard InChI is InChI=1S/C13H9ClN2O5/c1-7-2-3-11(10(4-7)16(19)20)21-12-9(14)5-8(6-15-12)13(17)18/h2-6H,1H3,(H,17,18). The maximum atomic E-state index is 11.0. The van der Waals surface area contributed by atoms with Crippen LogP contribution in [0.4, 0.5) is 5.69 Å². The molecule has 1 aromatic carbocycles. The Labute approximate surface area is 123 Å². The average molecular weight is 309 g/mol. The van der Waals surface area contributed by atoms with E-state index in [1.165, 1.54) is 12.1 Å². The molecule has 108 valence electrons. The highest BCUT2D eigenvalue weighted by atomic mass is 35.5. The molecule has 0 saturated heterocycles. The van der Waals surface area contributed by atoms with E-state index in [9.17, 15) is 14.9 Å². The maximum Gasteiger partial charge on any atom is 0.337 e. The second kappa shape index (κ2) is 5.76. The molecule has 0 spiro atoms. The smallest absolute Gasteiger partial charge is 0.337 e. The number of hydrogen-bond donors (Lipinski definition) is 1. The molecule has 21 heavy (non-hydrogen) atoms. The molecule has 2 aromatic rings. The van der Waals surface area contributed by atoms with Gasteiger partial charge in [0.1, 0.15) is 5.02 Å². The zero-order valence-corrected chi connectivity index (χ0v) is 11.5. The molecule has 0 unspecified atom stereocenters. The predicted molar refractivity (Wildman–Crippen MR) is 74.1 cm³/mol. The number of halogens is 1. The summed E-state index contributed by atoms with van der Waals surface area (Å²) in [6.45, 7) is 1.71. The van der Waals surface area contributed by atoms with Crippen LogP contribution in [0.25, 0.3) is 0 Å². The van der Waals surface area contributed by atoms with Crippen molar-refractivity contribution in [2.24, 2.45) is 0 Å². The summed E-state index contributed by atoms with van der Waals surface area (Å²) in [5.41, 5.74) is 0.371. The second-order valence-corrected chi connectivity index (χ2v) is 4.55. The summed E-state index contributed by atoms with van der Waals surface area (Å²) in [5, 5.41) is 19.7. The lowest BCUT2D eigenvalue weighted by Gasteiger charge is -2.07. The fourth-order valence-electron chi connectivity index (χ4n) is 1.58. The van der Waals surface area contributed by atoms with E-state index in [4.69, 9.17) is 21.4 Å². The first kappa shape index (κ1) is 14.7. The van der Waals surface area contributed by atoms with Crippen LogP contribution in [0.2, 0.25) is 5.02 Å². The van der Waals surface area contributed by atoms with Crippen molar-refractivity contribution < 1.29 is 19.6 Å². The van der Waals surface area contributed by atoms with Crippen molar-refractivity contribution in [3.05, 3.63) is 56.7 Å². The van der Waals surface area contributed by atoms with Crippen molar-refractivity contribution in [1.82, 2.24) is 4.98 Å². The number of hydrogen-bond acceptors (Lipinski definition) is 5. The number of ether oxygens (including phenoxy) is 1. The van der Waals surface area contributed by atoms with Crippen LogP contribution in [0, 0.1) is 17.0 Å². The lowest BCUT2D eigenvalue weighted by molar-refractivity contribution is -0.385. The number of carboxylic acid groups (broad SMARTS) is 1. The van der Waals surface area contributed by atoms with Gasteiger partial charge >= 0.3 is 11.7 Å². The van der Waals surface area contributed by atoms with E-state index in [1.54, 1.807) is 13.0 Å². The Hall–Kier alpha value is -2.67. The van der Waals surface area contributed by atoms with E-state index in [0.29, 0.717) is 5.56 Å². The molecule has 1 aromatic heterocycles. The van der Waals surface area contributed by atoms with Crippen LogP contribution in [0.1, 0.15) is 15.9 Å². The highest BCUT2D eigenvalue weighted by Gasteiger charge is 2.18. The SMILES string of the molecule is Cc1ccc(Oc2ncc(C(=O)O)cc2Cl)c([N+](=O)[O-])c1. The van der Waals surface area contributed by atoms with Crippen LogP contribution in [0.15, 0.2) is 30.5 Å². The number of nitrogens with zero attached hydrogens (tertiary/aromatic N) is 2. The number of carboxylic acids is 1. The van der Waals surface area contributed by atoms with Crippen LogP contribution >= 0.6 is 11.6 Å². The molecule has 0 radical (unpaired) electrons. The Bertz CT molecular complexity index is 732. The van der Waals surface area contributed by atoms with Gasteiger partial charge in [0, 0.05) is 12.3 Å². The summed E-state index contributed by atoms with van der Waals surface area (Å²) >= 11 is 5.87. The highest BCUT2D eigenvalue weighted by molar-refractivity contribution is 6.32. The predicted octanol–water partition coefficient (Wildman–Crippen LogP) is 3.44. The number of aromatic carboxylic acids is 1. The molecule has 7 nitrogen and oxygen atoms in total. The minimum absolute atomic E-state index is 0.0249. The summed E-state index contributed by atoms with van der Waals surface area (Å²) in [7, 11) is 0. The molecular formula is C13H9ClN2O5. The van der Waals surface area contributed by atoms with Gasteiger partial charge in [-0.25, -0.2) is 9.78 Å². The minimum atomic E-state index is -1.18. The van der Waals surface area contributed by atoms with E-state index >= 15 is 0 Å². The van der Waals surface area contributed by atoms with Gasteiger partial charge in [-0.15, -0.1) is 0 Å². The fourth-order valence-corrected chi connectivity index (χ4v) is 1.78. The third-order valence-corrected chi connectivity index (χ3v) is 2.84. The number of nitro groups is 1. The number of rotatable bonds is 4. The maximum absolute atomic E-state index is 11.0. The van der Waals surface area contributed by atoms with Gasteiger partial charge in [0.15, 0.2) is 0 Å². The van der Waals surface area contributed by atoms with Crippen molar-refractivity contribution >= 4 is 23.3 Å². The molecule has 0 saturated carbocycles. The third-order valence-electron chi connectivity index (χ3n) is 2.57. The summed E-state index contributed by atoms with van der Waals surface area (Å²) in [4.78, 5) is 24.9. The van der Waals surface area contributed by atoms with E-state index in [0.717, 1.165) is 12.3 Å². The second-order valence-electron chi connectivity index (χ2n) is 4.15. The normalized spacial score (nSPS) is 10.2. The third kappa shape index (κ3) is 3.26. The highest BCUT2D eigenvalue weighted by Crippen LogP contribution is 2.34. The largest absolute Gasteiger partial charge is 0.478 e. The lowest BCUT2D eigenvalue weighted by Crippen LogP contribution is -1.99. The fraction of sp³-hybridized carbons (Fsp3) is 0.0769.